The Balaban J connectivity index is 1.69. The Hall–Kier alpha value is -3.34. The number of non-ortho nitro benzene ring substituents is 2. The van der Waals surface area contributed by atoms with Crippen LogP contribution in [0.2, 0.25) is 0 Å². The maximum absolute atomic E-state index is 13.4. The molecule has 1 unspecified atom stereocenters. The number of ketones is 1. The molecule has 34 heavy (non-hydrogen) atoms. The van der Waals surface area contributed by atoms with Gasteiger partial charge in [-0.05, 0) is 54.0 Å². The van der Waals surface area contributed by atoms with Crippen LogP contribution in [0.4, 0.5) is 11.4 Å². The van der Waals surface area contributed by atoms with E-state index in [1.807, 2.05) is 0 Å². The monoisotopic (exact) mass is 484 g/mol. The standard InChI is InChI=1S/C22H21N4O7P/c27-22-18(12-16-2-6-20(7-3-16)25(28)29)14-24(34(32)23-10-1-11-33-34)15-19(22)13-17-4-8-21(9-5-17)26(30)31/h2-9,12-13H,1,10-11,14-15H2,(H,23,32)/b18-12+,19-13+. The summed E-state index contributed by atoms with van der Waals surface area (Å²) >= 11 is 0. The largest absolute Gasteiger partial charge is 0.626 e. The van der Waals surface area contributed by atoms with Crippen molar-refractivity contribution in [2.24, 2.45) is 0 Å². The van der Waals surface area contributed by atoms with Gasteiger partial charge in [0.25, 0.3) is 19.4 Å². The van der Waals surface area contributed by atoms with Crippen LogP contribution in [0.5, 0.6) is 0 Å². The van der Waals surface area contributed by atoms with Gasteiger partial charge in [-0.15, -0.1) is 4.67 Å². The van der Waals surface area contributed by atoms with Gasteiger partial charge in [0.1, 0.15) is 0 Å². The summed E-state index contributed by atoms with van der Waals surface area (Å²) in [6.07, 6.45) is 3.93. The molecule has 0 bridgehead atoms. The molecule has 2 heterocycles. The number of Topliss-reactive ketones (excluding diaryl/α,β-unsaturated/α-hetero) is 1. The van der Waals surface area contributed by atoms with Crippen LogP contribution in [0.15, 0.2) is 59.7 Å². The van der Waals surface area contributed by atoms with Crippen LogP contribution in [0.25, 0.3) is 12.2 Å². The van der Waals surface area contributed by atoms with Gasteiger partial charge < -0.3 is 4.89 Å². The van der Waals surface area contributed by atoms with Crippen molar-refractivity contribution >= 4 is 37.3 Å². The molecule has 0 spiro atoms. The summed E-state index contributed by atoms with van der Waals surface area (Å²) in [6.45, 7) is 0.984. The summed E-state index contributed by atoms with van der Waals surface area (Å²) in [4.78, 5) is 47.5. The molecule has 2 saturated heterocycles. The van der Waals surface area contributed by atoms with Crippen LogP contribution < -0.4 is 9.98 Å². The van der Waals surface area contributed by atoms with E-state index in [4.69, 9.17) is 4.52 Å². The lowest BCUT2D eigenvalue weighted by Crippen LogP contribution is -2.48. The van der Waals surface area contributed by atoms with Crippen LogP contribution in [-0.4, -0.2) is 46.5 Å². The average Bonchev–Trinajstić information content (AvgIpc) is 2.82. The molecule has 1 N–H and O–H groups in total. The number of carbonyl (C=O) groups is 1. The molecule has 2 aromatic carbocycles. The fourth-order valence-electron chi connectivity index (χ4n) is 3.70. The maximum atomic E-state index is 13.4. The predicted molar refractivity (Wildman–Crippen MR) is 124 cm³/mol. The number of nitro benzene ring substituents is 2. The molecule has 0 amide bonds. The minimum atomic E-state index is -3.37. The van der Waals surface area contributed by atoms with Crippen molar-refractivity contribution in [2.45, 2.75) is 6.42 Å². The van der Waals surface area contributed by atoms with Gasteiger partial charge >= 0.3 is 0 Å². The van der Waals surface area contributed by atoms with Gasteiger partial charge in [0, 0.05) is 42.0 Å². The van der Waals surface area contributed by atoms with Gasteiger partial charge in [-0.25, -0.2) is 4.52 Å². The van der Waals surface area contributed by atoms with Crippen molar-refractivity contribution in [3.05, 3.63) is 91.0 Å². The molecule has 12 heteroatoms. The molecular weight excluding hydrogens is 463 g/mol. The molecule has 2 aliphatic rings. The van der Waals surface area contributed by atoms with E-state index in [0.717, 1.165) is 0 Å². The first-order valence-corrected chi connectivity index (χ1v) is 12.0. The topological polar surface area (TPSA) is 151 Å². The normalized spacial score (nSPS) is 23.9. The van der Waals surface area contributed by atoms with Crippen LogP contribution in [-0.2, 0) is 9.32 Å². The molecule has 1 atom stereocenters. The van der Waals surface area contributed by atoms with E-state index in [-0.39, 0.29) is 30.2 Å². The summed E-state index contributed by atoms with van der Waals surface area (Å²) in [7, 11) is -3.37. The SMILES string of the molecule is O=C1/C(=C/c2ccc([N+](=O)[O-])cc2)CN([P+]2([O-])NCCCO2)C/C1=C\c1ccc([N+](=O)[O-])cc1. The van der Waals surface area contributed by atoms with Crippen molar-refractivity contribution in [1.82, 2.24) is 9.76 Å². The summed E-state index contributed by atoms with van der Waals surface area (Å²) in [5.41, 5.74) is 1.73. The highest BCUT2D eigenvalue weighted by molar-refractivity contribution is 7.59. The molecule has 0 aromatic heterocycles. The van der Waals surface area contributed by atoms with Gasteiger partial charge in [-0.2, -0.15) is 5.09 Å². The minimum Gasteiger partial charge on any atom is -0.626 e. The first-order valence-electron chi connectivity index (χ1n) is 10.4. The van der Waals surface area contributed by atoms with Crippen LogP contribution in [0.3, 0.4) is 0 Å². The fourth-order valence-corrected chi connectivity index (χ4v) is 5.65. The van der Waals surface area contributed by atoms with E-state index in [1.165, 1.54) is 48.5 Å². The third kappa shape index (κ3) is 5.24. The Labute approximate surface area is 195 Å². The van der Waals surface area contributed by atoms with Crippen molar-refractivity contribution < 1.29 is 24.1 Å². The highest BCUT2D eigenvalue weighted by Gasteiger charge is 2.43. The Morgan fingerprint density at radius 3 is 1.74 bits per heavy atom. The zero-order chi connectivity index (χ0) is 24.3. The third-order valence-corrected chi connectivity index (χ3v) is 7.63. The number of carbonyl (C=O) groups excluding carboxylic acids is 1. The first-order chi connectivity index (χ1) is 16.2. The van der Waals surface area contributed by atoms with E-state index in [1.54, 1.807) is 16.8 Å². The van der Waals surface area contributed by atoms with Gasteiger partial charge in [0.2, 0.25) is 0 Å². The lowest BCUT2D eigenvalue weighted by molar-refractivity contribution is -0.385. The fraction of sp³-hybridized carbons (Fsp3) is 0.227. The second-order valence-corrected chi connectivity index (χ2v) is 9.98. The quantitative estimate of drug-likeness (QED) is 0.292. The molecule has 2 aromatic rings. The highest BCUT2D eigenvalue weighted by Crippen LogP contribution is 2.54. The third-order valence-electron chi connectivity index (χ3n) is 5.45. The first kappa shape index (κ1) is 23.8. The Morgan fingerprint density at radius 2 is 1.35 bits per heavy atom. The molecule has 176 valence electrons. The van der Waals surface area contributed by atoms with Crippen molar-refractivity contribution in [3.8, 4) is 0 Å². The van der Waals surface area contributed by atoms with Crippen molar-refractivity contribution in [1.29, 1.82) is 0 Å². The summed E-state index contributed by atoms with van der Waals surface area (Å²) in [5.74, 6) is -0.267. The molecule has 0 saturated carbocycles. The number of benzene rings is 2. The number of nitrogens with one attached hydrogen (secondary N) is 1. The average molecular weight is 484 g/mol. The summed E-state index contributed by atoms with van der Waals surface area (Å²) in [6, 6.07) is 11.5. The van der Waals surface area contributed by atoms with Crippen molar-refractivity contribution in [3.63, 3.8) is 0 Å². The summed E-state index contributed by atoms with van der Waals surface area (Å²) in [5, 5.41) is 24.8. The molecule has 0 radical (unpaired) electrons. The summed E-state index contributed by atoms with van der Waals surface area (Å²) < 4.78 is 7.16. The number of hydrogen-bond donors (Lipinski definition) is 1. The molecule has 2 fully saturated rings. The Morgan fingerprint density at radius 1 is 0.882 bits per heavy atom. The number of piperidine rings is 1. The van der Waals surface area contributed by atoms with Gasteiger partial charge in [0.15, 0.2) is 5.78 Å². The molecule has 0 aliphatic carbocycles. The Bertz CT molecular complexity index is 1090. The van der Waals surface area contributed by atoms with Crippen molar-refractivity contribution in [2.75, 3.05) is 26.2 Å². The molecule has 11 nitrogen and oxygen atoms in total. The van der Waals surface area contributed by atoms with E-state index in [2.05, 4.69) is 5.09 Å². The molecule has 4 rings (SSSR count). The second-order valence-electron chi connectivity index (χ2n) is 7.80. The van der Waals surface area contributed by atoms with E-state index in [9.17, 15) is 29.9 Å². The zero-order valence-electron chi connectivity index (χ0n) is 18.0. The van der Waals surface area contributed by atoms with E-state index >= 15 is 0 Å². The molecular formula is C22H21N4O7P. The predicted octanol–water partition coefficient (Wildman–Crippen LogP) is 2.90. The zero-order valence-corrected chi connectivity index (χ0v) is 18.9. The second kappa shape index (κ2) is 9.88. The maximum Gasteiger partial charge on any atom is 0.269 e. The number of rotatable bonds is 5. The van der Waals surface area contributed by atoms with Crippen LogP contribution >= 0.6 is 8.02 Å². The lowest BCUT2D eigenvalue weighted by atomic mass is 9.95. The lowest BCUT2D eigenvalue weighted by Gasteiger charge is -2.42. The Kier molecular flexibility index (Phi) is 6.92. The van der Waals surface area contributed by atoms with E-state index < -0.39 is 17.9 Å². The minimum absolute atomic E-state index is 0.0672. The number of nitro groups is 2. The van der Waals surface area contributed by atoms with Crippen LogP contribution in [0.1, 0.15) is 17.5 Å². The van der Waals surface area contributed by atoms with Crippen LogP contribution in [0, 0.1) is 20.2 Å². The van der Waals surface area contributed by atoms with Gasteiger partial charge in [-0.3, -0.25) is 25.0 Å². The van der Waals surface area contributed by atoms with Gasteiger partial charge in [0.05, 0.1) is 29.5 Å². The number of nitrogens with zero attached hydrogens (tertiary/aromatic N) is 3. The highest BCUT2D eigenvalue weighted by atomic mass is 31.2. The van der Waals surface area contributed by atoms with E-state index in [0.29, 0.717) is 41.8 Å². The van der Waals surface area contributed by atoms with Gasteiger partial charge in [-0.1, -0.05) is 0 Å². The molecule has 2 aliphatic heterocycles. The number of hydrogen-bond acceptors (Lipinski definition) is 9. The smallest absolute Gasteiger partial charge is 0.269 e.